The van der Waals surface area contributed by atoms with E-state index in [0.717, 1.165) is 12.3 Å². The van der Waals surface area contributed by atoms with Gasteiger partial charge >= 0.3 is 0 Å². The van der Waals surface area contributed by atoms with E-state index < -0.39 is 0 Å². The van der Waals surface area contributed by atoms with Crippen molar-refractivity contribution in [3.05, 3.63) is 48.0 Å². The summed E-state index contributed by atoms with van der Waals surface area (Å²) in [5.74, 6) is 0.693. The number of benzene rings is 1. The van der Waals surface area contributed by atoms with E-state index in [2.05, 4.69) is 17.3 Å². The predicted octanol–water partition coefficient (Wildman–Crippen LogP) is 3.00. The van der Waals surface area contributed by atoms with Gasteiger partial charge in [-0.1, -0.05) is 12.1 Å². The number of aryl methyl sites for hydroxylation is 1. The van der Waals surface area contributed by atoms with E-state index in [0.29, 0.717) is 4.90 Å². The van der Waals surface area contributed by atoms with Crippen molar-refractivity contribution in [2.75, 3.05) is 12.3 Å². The number of aromatic nitrogens is 2. The van der Waals surface area contributed by atoms with Crippen LogP contribution in [0.1, 0.15) is 18.5 Å². The molecule has 2 aromatic rings. The lowest BCUT2D eigenvalue weighted by Crippen LogP contribution is -2.21. The molecule has 1 unspecified atom stereocenters. The van der Waals surface area contributed by atoms with Crippen molar-refractivity contribution in [2.24, 2.45) is 7.05 Å². The Bertz CT molecular complexity index is 527. The Hall–Kier alpha value is -1.33. The standard InChI is InChI=1S/C14H18FN3S/c1-11(12-9-17-18(2)10-12)16-7-8-19-14-6-4-3-5-13(14)15/h3-6,9-11,16H,7-8H2,1-2H3. The molecule has 0 aliphatic rings. The van der Waals surface area contributed by atoms with Crippen molar-refractivity contribution in [1.29, 1.82) is 0 Å². The molecule has 2 rings (SSSR count). The summed E-state index contributed by atoms with van der Waals surface area (Å²) >= 11 is 1.53. The van der Waals surface area contributed by atoms with Gasteiger partial charge in [0.15, 0.2) is 0 Å². The van der Waals surface area contributed by atoms with Crippen molar-refractivity contribution in [3.8, 4) is 0 Å². The maximum Gasteiger partial charge on any atom is 0.136 e. The van der Waals surface area contributed by atoms with Crippen LogP contribution in [-0.4, -0.2) is 22.1 Å². The Morgan fingerprint density at radius 3 is 2.89 bits per heavy atom. The van der Waals surface area contributed by atoms with Gasteiger partial charge in [0.25, 0.3) is 0 Å². The molecule has 1 aromatic carbocycles. The Morgan fingerprint density at radius 1 is 1.42 bits per heavy atom. The summed E-state index contributed by atoms with van der Waals surface area (Å²) in [5, 5.41) is 7.55. The number of hydrogen-bond acceptors (Lipinski definition) is 3. The number of nitrogens with one attached hydrogen (secondary N) is 1. The summed E-state index contributed by atoms with van der Waals surface area (Å²) in [6, 6.07) is 7.13. The van der Waals surface area contributed by atoms with E-state index in [4.69, 9.17) is 0 Å². The number of nitrogens with zero attached hydrogens (tertiary/aromatic N) is 2. The van der Waals surface area contributed by atoms with E-state index in [1.54, 1.807) is 10.7 Å². The highest BCUT2D eigenvalue weighted by molar-refractivity contribution is 7.99. The first-order chi connectivity index (χ1) is 9.16. The average Bonchev–Trinajstić information content (AvgIpc) is 2.83. The smallest absolute Gasteiger partial charge is 0.136 e. The zero-order valence-corrected chi connectivity index (χ0v) is 12.0. The normalized spacial score (nSPS) is 12.6. The van der Waals surface area contributed by atoms with Gasteiger partial charge < -0.3 is 5.32 Å². The molecule has 0 fully saturated rings. The largest absolute Gasteiger partial charge is 0.309 e. The highest BCUT2D eigenvalue weighted by Gasteiger charge is 2.06. The Balaban J connectivity index is 1.74. The molecule has 1 N–H and O–H groups in total. The van der Waals surface area contributed by atoms with Crippen LogP contribution in [0, 0.1) is 5.82 Å². The quantitative estimate of drug-likeness (QED) is 0.651. The fraction of sp³-hybridized carbons (Fsp3) is 0.357. The lowest BCUT2D eigenvalue weighted by Gasteiger charge is -2.11. The molecule has 1 heterocycles. The fourth-order valence-electron chi connectivity index (χ4n) is 1.78. The zero-order valence-electron chi connectivity index (χ0n) is 11.1. The van der Waals surface area contributed by atoms with Gasteiger partial charge in [0.2, 0.25) is 0 Å². The summed E-state index contributed by atoms with van der Waals surface area (Å²) in [6.07, 6.45) is 3.86. The minimum Gasteiger partial charge on any atom is -0.309 e. The van der Waals surface area contributed by atoms with Crippen LogP contribution in [0.15, 0.2) is 41.6 Å². The molecule has 0 amide bonds. The van der Waals surface area contributed by atoms with Crippen molar-refractivity contribution < 1.29 is 4.39 Å². The van der Waals surface area contributed by atoms with Crippen LogP contribution in [0.25, 0.3) is 0 Å². The molecular weight excluding hydrogens is 261 g/mol. The second-order valence-electron chi connectivity index (χ2n) is 4.40. The third-order valence-electron chi connectivity index (χ3n) is 2.87. The Labute approximate surface area is 117 Å². The molecule has 1 aromatic heterocycles. The SMILES string of the molecule is CC(NCCSc1ccccc1F)c1cnn(C)c1. The average molecular weight is 279 g/mol. The third-order valence-corrected chi connectivity index (χ3v) is 3.92. The minimum absolute atomic E-state index is 0.146. The second-order valence-corrected chi connectivity index (χ2v) is 5.54. The second kappa shape index (κ2) is 6.73. The van der Waals surface area contributed by atoms with Gasteiger partial charge in [-0.05, 0) is 19.1 Å². The highest BCUT2D eigenvalue weighted by Crippen LogP contribution is 2.20. The van der Waals surface area contributed by atoms with Crippen LogP contribution in [0.5, 0.6) is 0 Å². The molecule has 1 atom stereocenters. The monoisotopic (exact) mass is 279 g/mol. The van der Waals surface area contributed by atoms with E-state index in [1.807, 2.05) is 31.6 Å². The topological polar surface area (TPSA) is 29.9 Å². The van der Waals surface area contributed by atoms with Crippen molar-refractivity contribution >= 4 is 11.8 Å². The van der Waals surface area contributed by atoms with Gasteiger partial charge in [0, 0.05) is 42.0 Å². The van der Waals surface area contributed by atoms with Gasteiger partial charge in [0.1, 0.15) is 5.82 Å². The Morgan fingerprint density at radius 2 is 2.21 bits per heavy atom. The molecule has 0 radical (unpaired) electrons. The first-order valence-corrected chi connectivity index (χ1v) is 7.24. The molecule has 19 heavy (non-hydrogen) atoms. The van der Waals surface area contributed by atoms with Gasteiger partial charge in [-0.2, -0.15) is 5.10 Å². The van der Waals surface area contributed by atoms with E-state index in [-0.39, 0.29) is 11.9 Å². The predicted molar refractivity (Wildman–Crippen MR) is 76.7 cm³/mol. The lowest BCUT2D eigenvalue weighted by atomic mass is 10.2. The third kappa shape index (κ3) is 4.08. The van der Waals surface area contributed by atoms with Crippen LogP contribution < -0.4 is 5.32 Å². The summed E-state index contributed by atoms with van der Waals surface area (Å²) in [4.78, 5) is 0.707. The van der Waals surface area contributed by atoms with Crippen LogP contribution in [-0.2, 0) is 7.05 Å². The van der Waals surface area contributed by atoms with E-state index >= 15 is 0 Å². The number of rotatable bonds is 6. The summed E-state index contributed by atoms with van der Waals surface area (Å²) < 4.78 is 15.2. The molecule has 0 bridgehead atoms. The van der Waals surface area contributed by atoms with Crippen LogP contribution in [0.4, 0.5) is 4.39 Å². The number of thioether (sulfide) groups is 1. The molecule has 0 saturated carbocycles. The maximum atomic E-state index is 13.4. The number of hydrogen-bond donors (Lipinski definition) is 1. The van der Waals surface area contributed by atoms with Crippen molar-refractivity contribution in [2.45, 2.75) is 17.9 Å². The molecular formula is C14H18FN3S. The first kappa shape index (κ1) is 14.1. The molecule has 102 valence electrons. The minimum atomic E-state index is -0.146. The lowest BCUT2D eigenvalue weighted by molar-refractivity contribution is 0.596. The zero-order chi connectivity index (χ0) is 13.7. The van der Waals surface area contributed by atoms with Crippen molar-refractivity contribution in [3.63, 3.8) is 0 Å². The highest BCUT2D eigenvalue weighted by atomic mass is 32.2. The molecule has 0 saturated heterocycles. The molecule has 3 nitrogen and oxygen atoms in total. The van der Waals surface area contributed by atoms with Crippen LogP contribution >= 0.6 is 11.8 Å². The summed E-state index contributed by atoms with van der Waals surface area (Å²) in [5.41, 5.74) is 1.17. The summed E-state index contributed by atoms with van der Waals surface area (Å²) in [6.45, 7) is 2.93. The molecule has 0 aliphatic heterocycles. The van der Waals surface area contributed by atoms with Gasteiger partial charge in [-0.25, -0.2) is 4.39 Å². The van der Waals surface area contributed by atoms with E-state index in [1.165, 1.54) is 23.4 Å². The van der Waals surface area contributed by atoms with Gasteiger partial charge in [-0.3, -0.25) is 4.68 Å². The Kier molecular flexibility index (Phi) is 4.99. The van der Waals surface area contributed by atoms with Crippen LogP contribution in [0.3, 0.4) is 0 Å². The maximum absolute atomic E-state index is 13.4. The molecule has 0 spiro atoms. The molecule has 5 heteroatoms. The van der Waals surface area contributed by atoms with Crippen molar-refractivity contribution in [1.82, 2.24) is 15.1 Å². The number of halogens is 1. The van der Waals surface area contributed by atoms with Gasteiger partial charge in [-0.15, -0.1) is 11.8 Å². The first-order valence-electron chi connectivity index (χ1n) is 6.26. The van der Waals surface area contributed by atoms with Crippen LogP contribution in [0.2, 0.25) is 0 Å². The summed E-state index contributed by atoms with van der Waals surface area (Å²) in [7, 11) is 1.91. The van der Waals surface area contributed by atoms with Gasteiger partial charge in [0.05, 0.1) is 6.20 Å². The molecule has 0 aliphatic carbocycles. The van der Waals surface area contributed by atoms with E-state index in [9.17, 15) is 4.39 Å². The fourth-order valence-corrected chi connectivity index (χ4v) is 2.60.